The second-order valence-corrected chi connectivity index (χ2v) is 5.02. The summed E-state index contributed by atoms with van der Waals surface area (Å²) in [7, 11) is 0. The van der Waals surface area contributed by atoms with Crippen LogP contribution in [-0.4, -0.2) is 24.7 Å². The first kappa shape index (κ1) is 14.5. The maximum atomic E-state index is 14.0. The molecule has 114 valence electrons. The first-order chi connectivity index (χ1) is 10.6. The van der Waals surface area contributed by atoms with Crippen molar-refractivity contribution in [2.24, 2.45) is 4.99 Å². The van der Waals surface area contributed by atoms with Gasteiger partial charge in [-0.05, 0) is 24.1 Å². The molecule has 0 N–H and O–H groups in total. The number of hydrogen-bond acceptors (Lipinski definition) is 3. The summed E-state index contributed by atoms with van der Waals surface area (Å²) in [5.41, 5.74) is 1.04. The van der Waals surface area contributed by atoms with Gasteiger partial charge in [-0.2, -0.15) is 8.78 Å². The first-order valence-corrected chi connectivity index (χ1v) is 7.00. The molecule has 1 atom stereocenters. The van der Waals surface area contributed by atoms with Crippen LogP contribution in [0.3, 0.4) is 0 Å². The number of aliphatic imine (C=N–C) groups is 1. The molecule has 3 nitrogen and oxygen atoms in total. The molecule has 2 aromatic rings. The van der Waals surface area contributed by atoms with Gasteiger partial charge in [-0.3, -0.25) is 0 Å². The number of nitrogens with zero attached hydrogens (tertiary/aromatic N) is 1. The Labute approximate surface area is 127 Å². The van der Waals surface area contributed by atoms with Crippen LogP contribution in [0.2, 0.25) is 0 Å². The summed E-state index contributed by atoms with van der Waals surface area (Å²) in [6.07, 6.45) is -3.00. The minimum absolute atomic E-state index is 0.0744. The molecule has 5 heteroatoms. The van der Waals surface area contributed by atoms with E-state index >= 15 is 0 Å². The van der Waals surface area contributed by atoms with Crippen LogP contribution >= 0.6 is 0 Å². The van der Waals surface area contributed by atoms with Crippen molar-refractivity contribution in [2.45, 2.75) is 18.6 Å². The molecular formula is C17H15F2NO2. The first-order valence-electron chi connectivity index (χ1n) is 7.00. The molecule has 0 fully saturated rings. The summed E-state index contributed by atoms with van der Waals surface area (Å²) >= 11 is 0. The fourth-order valence-electron chi connectivity index (χ4n) is 2.25. The third kappa shape index (κ3) is 3.42. The summed E-state index contributed by atoms with van der Waals surface area (Å²) in [6.45, 7) is 0.137. The Morgan fingerprint density at radius 3 is 2.36 bits per heavy atom. The van der Waals surface area contributed by atoms with Gasteiger partial charge in [-0.15, -0.1) is 0 Å². The van der Waals surface area contributed by atoms with Crippen LogP contribution < -0.4 is 4.74 Å². The number of ether oxygens (including phenoxy) is 2. The topological polar surface area (TPSA) is 30.8 Å². The summed E-state index contributed by atoms with van der Waals surface area (Å²) in [5.74, 6) is -0.581. The van der Waals surface area contributed by atoms with E-state index in [9.17, 15) is 8.78 Å². The molecule has 1 heterocycles. The summed E-state index contributed by atoms with van der Waals surface area (Å²) in [6, 6.07) is 17.2. The quantitative estimate of drug-likeness (QED) is 0.843. The van der Waals surface area contributed by atoms with Crippen molar-refractivity contribution in [3.8, 4) is 5.75 Å². The largest absolute Gasteiger partial charge is 0.479 e. The highest BCUT2D eigenvalue weighted by molar-refractivity contribution is 5.83. The van der Waals surface area contributed by atoms with E-state index in [0.29, 0.717) is 6.42 Å². The van der Waals surface area contributed by atoms with Gasteiger partial charge in [0.15, 0.2) is 0 Å². The molecule has 0 saturated carbocycles. The van der Waals surface area contributed by atoms with Crippen LogP contribution in [0.4, 0.5) is 8.78 Å². The highest BCUT2D eigenvalue weighted by Gasteiger charge is 2.44. The second-order valence-electron chi connectivity index (χ2n) is 5.02. The Bertz CT molecular complexity index is 644. The molecule has 0 saturated heterocycles. The van der Waals surface area contributed by atoms with Gasteiger partial charge in [-0.25, -0.2) is 4.99 Å². The maximum absolute atomic E-state index is 14.0. The average molecular weight is 303 g/mol. The van der Waals surface area contributed by atoms with E-state index in [1.807, 2.05) is 30.3 Å². The maximum Gasteiger partial charge on any atom is 0.479 e. The van der Waals surface area contributed by atoms with E-state index < -0.39 is 12.0 Å². The van der Waals surface area contributed by atoms with Gasteiger partial charge < -0.3 is 9.47 Å². The lowest BCUT2D eigenvalue weighted by molar-refractivity contribution is -0.125. The van der Waals surface area contributed by atoms with Crippen LogP contribution in [0.5, 0.6) is 5.75 Å². The Morgan fingerprint density at radius 1 is 1.05 bits per heavy atom. The predicted octanol–water partition coefficient (Wildman–Crippen LogP) is 3.70. The van der Waals surface area contributed by atoms with Gasteiger partial charge in [0.25, 0.3) is 0 Å². The lowest BCUT2D eigenvalue weighted by Crippen LogP contribution is -2.35. The van der Waals surface area contributed by atoms with E-state index in [-0.39, 0.29) is 18.4 Å². The molecule has 2 aromatic carbocycles. The van der Waals surface area contributed by atoms with Crippen LogP contribution in [-0.2, 0) is 11.2 Å². The number of halogens is 2. The zero-order chi connectivity index (χ0) is 15.4. The Morgan fingerprint density at radius 2 is 1.68 bits per heavy atom. The Balaban J connectivity index is 1.68. The minimum Gasteiger partial charge on any atom is -0.472 e. The van der Waals surface area contributed by atoms with Crippen LogP contribution in [0.15, 0.2) is 65.7 Å². The van der Waals surface area contributed by atoms with E-state index in [1.165, 1.54) is 12.1 Å². The lowest BCUT2D eigenvalue weighted by Gasteiger charge is -2.16. The molecule has 0 aliphatic carbocycles. The fraction of sp³-hybridized carbons (Fsp3) is 0.235. The molecule has 1 aliphatic rings. The lowest BCUT2D eigenvalue weighted by atomic mass is 10.1. The van der Waals surface area contributed by atoms with E-state index in [2.05, 4.69) is 4.99 Å². The summed E-state index contributed by atoms with van der Waals surface area (Å²) in [4.78, 5) is 3.97. The van der Waals surface area contributed by atoms with Gasteiger partial charge >= 0.3 is 12.0 Å². The number of hydrogen-bond donors (Lipinski definition) is 0. The molecule has 0 radical (unpaired) electrons. The van der Waals surface area contributed by atoms with Crippen molar-refractivity contribution in [1.29, 1.82) is 0 Å². The second kappa shape index (κ2) is 6.13. The molecule has 0 aromatic heterocycles. The number of benzene rings is 2. The van der Waals surface area contributed by atoms with E-state index in [1.54, 1.807) is 18.2 Å². The summed E-state index contributed by atoms with van der Waals surface area (Å²) in [5, 5.41) is 0. The Hall–Kier alpha value is -2.43. The van der Waals surface area contributed by atoms with Crippen molar-refractivity contribution >= 4 is 5.90 Å². The molecule has 0 spiro atoms. The smallest absolute Gasteiger partial charge is 0.472 e. The van der Waals surface area contributed by atoms with Gasteiger partial charge in [-0.1, -0.05) is 48.5 Å². The number of rotatable bonds is 5. The fourth-order valence-corrected chi connectivity index (χ4v) is 2.25. The van der Waals surface area contributed by atoms with E-state index in [4.69, 9.17) is 9.47 Å². The normalized spacial score (nSPS) is 17.7. The number of alkyl halides is 2. The number of para-hydroxylation sites is 1. The van der Waals surface area contributed by atoms with Crippen LogP contribution in [0.1, 0.15) is 5.56 Å². The van der Waals surface area contributed by atoms with Crippen molar-refractivity contribution in [3.63, 3.8) is 0 Å². The standard InChI is InChI=1S/C17H15F2NO2/c18-17(19,22-15-9-5-2-6-10-15)16-20-14(12-21-16)11-13-7-3-1-4-8-13/h1-10,14H,11-12H2. The minimum atomic E-state index is -3.56. The summed E-state index contributed by atoms with van der Waals surface area (Å²) < 4.78 is 37.8. The molecule has 1 aliphatic heterocycles. The van der Waals surface area contributed by atoms with Crippen molar-refractivity contribution in [3.05, 3.63) is 66.2 Å². The zero-order valence-corrected chi connectivity index (χ0v) is 11.8. The van der Waals surface area contributed by atoms with Gasteiger partial charge in [0.1, 0.15) is 12.4 Å². The molecule has 0 bridgehead atoms. The van der Waals surface area contributed by atoms with Gasteiger partial charge in [0.2, 0.25) is 0 Å². The highest BCUT2D eigenvalue weighted by Crippen LogP contribution is 2.26. The van der Waals surface area contributed by atoms with Crippen LogP contribution in [0.25, 0.3) is 0 Å². The third-order valence-electron chi connectivity index (χ3n) is 3.26. The molecule has 3 rings (SSSR count). The average Bonchev–Trinajstić information content (AvgIpc) is 2.98. The molecule has 1 unspecified atom stereocenters. The zero-order valence-electron chi connectivity index (χ0n) is 11.8. The monoisotopic (exact) mass is 303 g/mol. The van der Waals surface area contributed by atoms with Crippen LogP contribution in [0, 0.1) is 0 Å². The highest BCUT2D eigenvalue weighted by atomic mass is 19.3. The van der Waals surface area contributed by atoms with Crippen molar-refractivity contribution in [2.75, 3.05) is 6.61 Å². The SMILES string of the molecule is FC(F)(Oc1ccccc1)C1=NC(Cc2ccccc2)CO1. The molecule has 22 heavy (non-hydrogen) atoms. The van der Waals surface area contributed by atoms with Gasteiger partial charge in [0.05, 0.1) is 6.04 Å². The van der Waals surface area contributed by atoms with Crippen molar-refractivity contribution < 1.29 is 18.3 Å². The van der Waals surface area contributed by atoms with Crippen molar-refractivity contribution in [1.82, 2.24) is 0 Å². The Kier molecular flexibility index (Phi) is 4.04. The van der Waals surface area contributed by atoms with E-state index in [0.717, 1.165) is 5.56 Å². The third-order valence-corrected chi connectivity index (χ3v) is 3.26. The predicted molar refractivity (Wildman–Crippen MR) is 79.3 cm³/mol. The molecule has 0 amide bonds. The van der Waals surface area contributed by atoms with Gasteiger partial charge in [0, 0.05) is 0 Å². The molecular weight excluding hydrogens is 288 g/mol.